The number of ether oxygens (including phenoxy) is 1. The number of H-pyrrole nitrogens is 1. The first-order valence-electron chi connectivity index (χ1n) is 7.73. The molecule has 0 spiro atoms. The standard InChI is InChI=1S/C15H22N4O2S/c1-2-3-4-5-6-7-8-21-12(20)9-22-15-13-14(17-10-16-13)18-11-19-15/h10-11H,2-9H2,1H3,(H,16,17,18,19). The van der Waals surface area contributed by atoms with Crippen LogP contribution >= 0.6 is 11.8 Å². The van der Waals surface area contributed by atoms with Crippen LogP contribution in [0.15, 0.2) is 17.7 Å². The molecule has 0 unspecified atom stereocenters. The van der Waals surface area contributed by atoms with Gasteiger partial charge in [-0.3, -0.25) is 4.79 Å². The Morgan fingerprint density at radius 1 is 1.18 bits per heavy atom. The van der Waals surface area contributed by atoms with E-state index in [1.807, 2.05) is 0 Å². The van der Waals surface area contributed by atoms with E-state index in [0.29, 0.717) is 12.3 Å². The minimum absolute atomic E-state index is 0.204. The molecule has 0 amide bonds. The number of unbranched alkanes of at least 4 members (excludes halogenated alkanes) is 5. The first-order chi connectivity index (χ1) is 10.8. The molecule has 0 bridgehead atoms. The molecule has 2 aromatic rings. The molecule has 22 heavy (non-hydrogen) atoms. The number of fused-ring (bicyclic) bond motifs is 1. The summed E-state index contributed by atoms with van der Waals surface area (Å²) in [5.74, 6) is 0.0471. The number of carbonyl (C=O) groups excluding carboxylic acids is 1. The first kappa shape index (κ1) is 16.7. The molecule has 2 heterocycles. The smallest absolute Gasteiger partial charge is 0.316 e. The van der Waals surface area contributed by atoms with Gasteiger partial charge in [-0.25, -0.2) is 15.0 Å². The van der Waals surface area contributed by atoms with Crippen LogP contribution in [0.4, 0.5) is 0 Å². The number of aromatic nitrogens is 4. The molecule has 0 aliphatic carbocycles. The lowest BCUT2D eigenvalue weighted by Crippen LogP contribution is -2.08. The zero-order valence-corrected chi connectivity index (χ0v) is 13.7. The van der Waals surface area contributed by atoms with Crippen LogP contribution in [-0.4, -0.2) is 38.3 Å². The Bertz CT molecular complexity index is 588. The molecule has 120 valence electrons. The minimum atomic E-state index is -0.204. The van der Waals surface area contributed by atoms with Gasteiger partial charge in [0.05, 0.1) is 18.7 Å². The molecule has 0 radical (unpaired) electrons. The van der Waals surface area contributed by atoms with Crippen molar-refractivity contribution in [3.8, 4) is 0 Å². The molecule has 0 saturated heterocycles. The van der Waals surface area contributed by atoms with Crippen LogP contribution in [0.5, 0.6) is 0 Å². The van der Waals surface area contributed by atoms with Gasteiger partial charge in [0.15, 0.2) is 5.65 Å². The summed E-state index contributed by atoms with van der Waals surface area (Å²) in [6, 6.07) is 0. The molecule has 2 rings (SSSR count). The van der Waals surface area contributed by atoms with E-state index < -0.39 is 0 Å². The number of esters is 1. The predicted molar refractivity (Wildman–Crippen MR) is 86.7 cm³/mol. The summed E-state index contributed by atoms with van der Waals surface area (Å²) in [5, 5.41) is 0.721. The van der Waals surface area contributed by atoms with Crippen molar-refractivity contribution < 1.29 is 9.53 Å². The average molecular weight is 322 g/mol. The van der Waals surface area contributed by atoms with Crippen LogP contribution in [0.25, 0.3) is 11.2 Å². The van der Waals surface area contributed by atoms with Crippen LogP contribution < -0.4 is 0 Å². The van der Waals surface area contributed by atoms with Crippen molar-refractivity contribution >= 4 is 28.9 Å². The summed E-state index contributed by atoms with van der Waals surface area (Å²) < 4.78 is 5.23. The quantitative estimate of drug-likeness (QED) is 0.313. The fourth-order valence-electron chi connectivity index (χ4n) is 2.09. The number of rotatable bonds is 10. The highest BCUT2D eigenvalue weighted by molar-refractivity contribution is 8.00. The lowest BCUT2D eigenvalue weighted by Gasteiger charge is -2.05. The van der Waals surface area contributed by atoms with E-state index in [9.17, 15) is 4.79 Å². The van der Waals surface area contributed by atoms with Gasteiger partial charge in [-0.15, -0.1) is 0 Å². The number of carbonyl (C=O) groups is 1. The van der Waals surface area contributed by atoms with Crippen LogP contribution in [0.2, 0.25) is 0 Å². The number of aromatic amines is 1. The fourth-order valence-corrected chi connectivity index (χ4v) is 2.84. The maximum Gasteiger partial charge on any atom is 0.316 e. The Hall–Kier alpha value is -1.63. The van der Waals surface area contributed by atoms with E-state index in [2.05, 4.69) is 26.9 Å². The zero-order chi connectivity index (χ0) is 15.6. The van der Waals surface area contributed by atoms with Gasteiger partial charge in [0.1, 0.15) is 16.9 Å². The number of nitrogens with zero attached hydrogens (tertiary/aromatic N) is 3. The molecular formula is C15H22N4O2S. The Kier molecular flexibility index (Phi) is 7.15. The molecule has 0 atom stereocenters. The topological polar surface area (TPSA) is 80.8 Å². The highest BCUT2D eigenvalue weighted by Crippen LogP contribution is 2.21. The van der Waals surface area contributed by atoms with Crippen LogP contribution in [0.1, 0.15) is 45.4 Å². The maximum absolute atomic E-state index is 11.7. The molecule has 0 aliphatic rings. The third-order valence-corrected chi connectivity index (χ3v) is 4.24. The molecular weight excluding hydrogens is 300 g/mol. The fraction of sp³-hybridized carbons (Fsp3) is 0.600. The van der Waals surface area contributed by atoms with Gasteiger partial charge in [-0.05, 0) is 6.42 Å². The highest BCUT2D eigenvalue weighted by Gasteiger charge is 2.10. The second kappa shape index (κ2) is 9.40. The van der Waals surface area contributed by atoms with E-state index in [4.69, 9.17) is 4.74 Å². The molecule has 0 aliphatic heterocycles. The van der Waals surface area contributed by atoms with E-state index in [1.165, 1.54) is 43.8 Å². The molecule has 7 heteroatoms. The summed E-state index contributed by atoms with van der Waals surface area (Å²) in [5.41, 5.74) is 1.37. The highest BCUT2D eigenvalue weighted by atomic mass is 32.2. The number of hydrogen-bond acceptors (Lipinski definition) is 6. The van der Waals surface area contributed by atoms with Crippen molar-refractivity contribution in [3.05, 3.63) is 12.7 Å². The van der Waals surface area contributed by atoms with Crippen molar-refractivity contribution in [2.75, 3.05) is 12.4 Å². The summed E-state index contributed by atoms with van der Waals surface area (Å²) in [7, 11) is 0. The lowest BCUT2D eigenvalue weighted by atomic mass is 10.1. The van der Waals surface area contributed by atoms with Gasteiger partial charge in [-0.2, -0.15) is 0 Å². The molecule has 0 aromatic carbocycles. The number of hydrogen-bond donors (Lipinski definition) is 1. The Morgan fingerprint density at radius 3 is 2.86 bits per heavy atom. The van der Waals surface area contributed by atoms with Crippen molar-refractivity contribution in [3.63, 3.8) is 0 Å². The number of nitrogens with one attached hydrogen (secondary N) is 1. The average Bonchev–Trinajstić information content (AvgIpc) is 3.01. The minimum Gasteiger partial charge on any atom is -0.465 e. The van der Waals surface area contributed by atoms with Crippen molar-refractivity contribution in [2.24, 2.45) is 0 Å². The SMILES string of the molecule is CCCCCCCCOC(=O)CSc1ncnc2nc[nH]c12. The van der Waals surface area contributed by atoms with E-state index in [0.717, 1.165) is 23.4 Å². The second-order valence-electron chi connectivity index (χ2n) is 5.06. The summed E-state index contributed by atoms with van der Waals surface area (Å²) in [4.78, 5) is 27.0. The normalized spacial score (nSPS) is 11.0. The van der Waals surface area contributed by atoms with Crippen LogP contribution in [-0.2, 0) is 9.53 Å². The van der Waals surface area contributed by atoms with Crippen molar-refractivity contribution in [1.82, 2.24) is 19.9 Å². The van der Waals surface area contributed by atoms with Gasteiger partial charge in [-0.1, -0.05) is 50.8 Å². The number of thioether (sulfide) groups is 1. The maximum atomic E-state index is 11.7. The molecule has 0 fully saturated rings. The van der Waals surface area contributed by atoms with Gasteiger partial charge in [0.2, 0.25) is 0 Å². The largest absolute Gasteiger partial charge is 0.465 e. The van der Waals surface area contributed by atoms with Crippen LogP contribution in [0, 0.1) is 0 Å². The van der Waals surface area contributed by atoms with Crippen molar-refractivity contribution in [1.29, 1.82) is 0 Å². The molecule has 6 nitrogen and oxygen atoms in total. The summed E-state index contributed by atoms with van der Waals surface area (Å²) in [6.45, 7) is 2.71. The van der Waals surface area contributed by atoms with Gasteiger partial charge >= 0.3 is 5.97 Å². The Labute approximate surface area is 134 Å². The lowest BCUT2D eigenvalue weighted by molar-refractivity contribution is -0.140. The van der Waals surface area contributed by atoms with E-state index >= 15 is 0 Å². The van der Waals surface area contributed by atoms with Gasteiger partial charge in [0.25, 0.3) is 0 Å². The monoisotopic (exact) mass is 322 g/mol. The third kappa shape index (κ3) is 5.29. The third-order valence-electron chi connectivity index (χ3n) is 3.28. The molecule has 1 N–H and O–H groups in total. The Balaban J connectivity index is 1.63. The molecule has 0 saturated carbocycles. The first-order valence-corrected chi connectivity index (χ1v) is 8.72. The van der Waals surface area contributed by atoms with Gasteiger partial charge in [0, 0.05) is 0 Å². The zero-order valence-electron chi connectivity index (χ0n) is 12.9. The van der Waals surface area contributed by atoms with Crippen molar-refractivity contribution in [2.45, 2.75) is 50.5 Å². The van der Waals surface area contributed by atoms with Gasteiger partial charge < -0.3 is 9.72 Å². The Morgan fingerprint density at radius 2 is 2.00 bits per heavy atom. The summed E-state index contributed by atoms with van der Waals surface area (Å²) >= 11 is 1.34. The molecule has 2 aromatic heterocycles. The predicted octanol–water partition coefficient (Wildman–Crippen LogP) is 3.35. The van der Waals surface area contributed by atoms with E-state index in [-0.39, 0.29) is 11.7 Å². The summed E-state index contributed by atoms with van der Waals surface area (Å²) in [6.07, 6.45) is 10.1. The van der Waals surface area contributed by atoms with Crippen LogP contribution in [0.3, 0.4) is 0 Å². The second-order valence-corrected chi connectivity index (χ2v) is 6.02. The number of imidazole rings is 1. The van der Waals surface area contributed by atoms with E-state index in [1.54, 1.807) is 6.33 Å².